The van der Waals surface area contributed by atoms with Crippen LogP contribution >= 0.6 is 0 Å². The van der Waals surface area contributed by atoms with Gasteiger partial charge in [0, 0.05) is 19.7 Å². The first-order valence-corrected chi connectivity index (χ1v) is 6.71. The molecule has 1 rings (SSSR count). The van der Waals surface area contributed by atoms with Crippen molar-refractivity contribution in [3.8, 4) is 0 Å². The zero-order chi connectivity index (χ0) is 11.8. The molecule has 1 fully saturated rings. The van der Waals surface area contributed by atoms with Crippen LogP contribution in [0.4, 0.5) is 0 Å². The summed E-state index contributed by atoms with van der Waals surface area (Å²) in [5, 5.41) is 3.46. The van der Waals surface area contributed by atoms with Crippen molar-refractivity contribution >= 4 is 0 Å². The predicted octanol–water partition coefficient (Wildman–Crippen LogP) is 1.73. The standard InChI is InChI=1S/C13H28N2O/c1-4-14-12(2)6-5-8-15-9-7-13(10-15)11-16-3/h12-14H,4-11H2,1-3H3. The molecule has 0 radical (unpaired) electrons. The Hall–Kier alpha value is -0.120. The van der Waals surface area contributed by atoms with Crippen molar-refractivity contribution < 1.29 is 4.74 Å². The lowest BCUT2D eigenvalue weighted by Gasteiger charge is -2.17. The molecule has 16 heavy (non-hydrogen) atoms. The molecule has 0 aliphatic carbocycles. The molecule has 0 saturated carbocycles. The van der Waals surface area contributed by atoms with Gasteiger partial charge in [0.1, 0.15) is 0 Å². The van der Waals surface area contributed by atoms with E-state index in [1.807, 2.05) is 0 Å². The van der Waals surface area contributed by atoms with Gasteiger partial charge in [-0.2, -0.15) is 0 Å². The van der Waals surface area contributed by atoms with Crippen molar-refractivity contribution in [1.29, 1.82) is 0 Å². The Labute approximate surface area is 101 Å². The second-order valence-corrected chi connectivity index (χ2v) is 5.01. The van der Waals surface area contributed by atoms with Crippen molar-refractivity contribution in [2.75, 3.05) is 39.9 Å². The third-order valence-corrected chi connectivity index (χ3v) is 3.44. The van der Waals surface area contributed by atoms with E-state index in [1.165, 1.54) is 38.9 Å². The number of methoxy groups -OCH3 is 1. The fourth-order valence-corrected chi connectivity index (χ4v) is 2.56. The average Bonchev–Trinajstić information content (AvgIpc) is 2.67. The van der Waals surface area contributed by atoms with Crippen LogP contribution in [0.2, 0.25) is 0 Å². The van der Waals surface area contributed by atoms with E-state index >= 15 is 0 Å². The van der Waals surface area contributed by atoms with E-state index in [9.17, 15) is 0 Å². The molecule has 1 N–H and O–H groups in total. The number of nitrogens with zero attached hydrogens (tertiary/aromatic N) is 1. The lowest BCUT2D eigenvalue weighted by Crippen LogP contribution is -2.28. The van der Waals surface area contributed by atoms with Crippen LogP contribution in [0.1, 0.15) is 33.1 Å². The molecule has 0 aromatic rings. The molecule has 3 nitrogen and oxygen atoms in total. The normalized spacial score (nSPS) is 23.8. The molecule has 0 aromatic carbocycles. The Kier molecular flexibility index (Phi) is 7.01. The lowest BCUT2D eigenvalue weighted by molar-refractivity contribution is 0.153. The lowest BCUT2D eigenvalue weighted by atomic mass is 10.1. The summed E-state index contributed by atoms with van der Waals surface area (Å²) in [7, 11) is 1.81. The van der Waals surface area contributed by atoms with Gasteiger partial charge in [0.05, 0.1) is 6.61 Å². The van der Waals surface area contributed by atoms with Crippen LogP contribution < -0.4 is 5.32 Å². The summed E-state index contributed by atoms with van der Waals surface area (Å²) in [5.74, 6) is 0.774. The van der Waals surface area contributed by atoms with Crippen LogP contribution in [0.5, 0.6) is 0 Å². The highest BCUT2D eigenvalue weighted by Gasteiger charge is 2.21. The second kappa shape index (κ2) is 8.04. The maximum Gasteiger partial charge on any atom is 0.0503 e. The van der Waals surface area contributed by atoms with E-state index in [0.29, 0.717) is 6.04 Å². The first-order chi connectivity index (χ1) is 7.76. The molecule has 2 unspecified atom stereocenters. The zero-order valence-electron chi connectivity index (χ0n) is 11.2. The van der Waals surface area contributed by atoms with Crippen molar-refractivity contribution in [2.45, 2.75) is 39.2 Å². The van der Waals surface area contributed by atoms with Gasteiger partial charge in [-0.05, 0) is 51.7 Å². The topological polar surface area (TPSA) is 24.5 Å². The van der Waals surface area contributed by atoms with E-state index in [1.54, 1.807) is 7.11 Å². The number of likely N-dealkylation sites (tertiary alicyclic amines) is 1. The SMILES string of the molecule is CCNC(C)CCCN1CCC(COC)C1. The first kappa shape index (κ1) is 13.9. The zero-order valence-corrected chi connectivity index (χ0v) is 11.2. The highest BCUT2D eigenvalue weighted by molar-refractivity contribution is 4.75. The van der Waals surface area contributed by atoms with Gasteiger partial charge in [-0.15, -0.1) is 0 Å². The maximum absolute atomic E-state index is 5.21. The number of nitrogens with one attached hydrogen (secondary N) is 1. The monoisotopic (exact) mass is 228 g/mol. The van der Waals surface area contributed by atoms with Gasteiger partial charge in [0.25, 0.3) is 0 Å². The summed E-state index contributed by atoms with van der Waals surface area (Å²) >= 11 is 0. The van der Waals surface area contributed by atoms with E-state index in [0.717, 1.165) is 19.1 Å². The highest BCUT2D eigenvalue weighted by Crippen LogP contribution is 2.16. The van der Waals surface area contributed by atoms with Gasteiger partial charge in [-0.1, -0.05) is 6.92 Å². The molecular weight excluding hydrogens is 200 g/mol. The Morgan fingerprint density at radius 3 is 3.00 bits per heavy atom. The molecule has 0 spiro atoms. The summed E-state index contributed by atoms with van der Waals surface area (Å²) in [6.07, 6.45) is 3.92. The Morgan fingerprint density at radius 1 is 1.50 bits per heavy atom. The minimum atomic E-state index is 0.669. The minimum Gasteiger partial charge on any atom is -0.384 e. The summed E-state index contributed by atoms with van der Waals surface area (Å²) < 4.78 is 5.21. The largest absolute Gasteiger partial charge is 0.384 e. The Morgan fingerprint density at radius 2 is 2.31 bits per heavy atom. The molecule has 1 heterocycles. The summed E-state index contributed by atoms with van der Waals surface area (Å²) in [6.45, 7) is 10.2. The van der Waals surface area contributed by atoms with Crippen molar-refractivity contribution in [3.63, 3.8) is 0 Å². The second-order valence-electron chi connectivity index (χ2n) is 5.01. The maximum atomic E-state index is 5.21. The molecule has 0 amide bonds. The van der Waals surface area contributed by atoms with Crippen molar-refractivity contribution in [1.82, 2.24) is 10.2 Å². The number of rotatable bonds is 8. The molecular formula is C13H28N2O. The Bertz CT molecular complexity index is 175. The summed E-state index contributed by atoms with van der Waals surface area (Å²) in [5.41, 5.74) is 0. The van der Waals surface area contributed by atoms with E-state index in [2.05, 4.69) is 24.1 Å². The van der Waals surface area contributed by atoms with Crippen LogP contribution in [0.25, 0.3) is 0 Å². The van der Waals surface area contributed by atoms with Gasteiger partial charge < -0.3 is 15.0 Å². The van der Waals surface area contributed by atoms with Gasteiger partial charge in [-0.3, -0.25) is 0 Å². The highest BCUT2D eigenvalue weighted by atomic mass is 16.5. The van der Waals surface area contributed by atoms with Crippen LogP contribution in [0, 0.1) is 5.92 Å². The molecule has 0 bridgehead atoms. The Balaban J connectivity index is 2.02. The van der Waals surface area contributed by atoms with E-state index < -0.39 is 0 Å². The van der Waals surface area contributed by atoms with Crippen LogP contribution in [-0.2, 0) is 4.74 Å². The first-order valence-electron chi connectivity index (χ1n) is 6.71. The predicted molar refractivity (Wildman–Crippen MR) is 68.8 cm³/mol. The number of ether oxygens (including phenoxy) is 1. The number of hydrogen-bond acceptors (Lipinski definition) is 3. The van der Waals surface area contributed by atoms with Crippen LogP contribution in [0.15, 0.2) is 0 Å². The van der Waals surface area contributed by atoms with E-state index in [-0.39, 0.29) is 0 Å². The quantitative estimate of drug-likeness (QED) is 0.685. The smallest absolute Gasteiger partial charge is 0.0503 e. The molecule has 1 aliphatic heterocycles. The fourth-order valence-electron chi connectivity index (χ4n) is 2.56. The van der Waals surface area contributed by atoms with Crippen LogP contribution in [0.3, 0.4) is 0 Å². The van der Waals surface area contributed by atoms with Gasteiger partial charge in [0.2, 0.25) is 0 Å². The van der Waals surface area contributed by atoms with Crippen molar-refractivity contribution in [3.05, 3.63) is 0 Å². The molecule has 1 aliphatic rings. The molecule has 96 valence electrons. The molecule has 2 atom stereocenters. The summed E-state index contributed by atoms with van der Waals surface area (Å²) in [4.78, 5) is 2.59. The number of hydrogen-bond donors (Lipinski definition) is 1. The van der Waals surface area contributed by atoms with Crippen molar-refractivity contribution in [2.24, 2.45) is 5.92 Å². The average molecular weight is 228 g/mol. The van der Waals surface area contributed by atoms with Gasteiger partial charge in [-0.25, -0.2) is 0 Å². The third kappa shape index (κ3) is 5.28. The fraction of sp³-hybridized carbons (Fsp3) is 1.00. The molecule has 3 heteroatoms. The molecule has 1 saturated heterocycles. The third-order valence-electron chi connectivity index (χ3n) is 3.44. The van der Waals surface area contributed by atoms with Gasteiger partial charge >= 0.3 is 0 Å². The van der Waals surface area contributed by atoms with Gasteiger partial charge in [0.15, 0.2) is 0 Å². The molecule has 0 aromatic heterocycles. The van der Waals surface area contributed by atoms with E-state index in [4.69, 9.17) is 4.74 Å². The summed E-state index contributed by atoms with van der Waals surface area (Å²) in [6, 6.07) is 0.669. The van der Waals surface area contributed by atoms with Crippen LogP contribution in [-0.4, -0.2) is 50.8 Å². The minimum absolute atomic E-state index is 0.669.